The number of anilines is 1. The Labute approximate surface area is 160 Å². The summed E-state index contributed by atoms with van der Waals surface area (Å²) in [5, 5.41) is 11.2. The van der Waals surface area contributed by atoms with E-state index in [2.05, 4.69) is 16.0 Å². The van der Waals surface area contributed by atoms with Crippen LogP contribution in [0.25, 0.3) is 10.2 Å². The minimum atomic E-state index is 0.549. The average molecular weight is 382 g/mol. The Morgan fingerprint density at radius 3 is 2.85 bits per heavy atom. The van der Waals surface area contributed by atoms with Gasteiger partial charge in [-0.3, -0.25) is 0 Å². The second-order valence-corrected chi connectivity index (χ2v) is 8.62. The van der Waals surface area contributed by atoms with Gasteiger partial charge in [0.2, 0.25) is 0 Å². The van der Waals surface area contributed by atoms with Crippen LogP contribution in [0, 0.1) is 25.2 Å². The number of nitrogen functional groups attached to an aromatic ring is 1. The third-order valence-corrected chi connectivity index (χ3v) is 6.81. The molecule has 3 aromatic heterocycles. The standard InChI is InChI=1S/C19H19N5S2/c1-10-7-11(2)22-18(13(10)8-20)25-9-15-23-17(21)16-12-5-3-4-6-14(12)26-19(16)24-15/h7H,3-6,9H2,1-2H3,(H2,21,23,24). The van der Waals surface area contributed by atoms with Crippen LogP contribution in [0.3, 0.4) is 0 Å². The summed E-state index contributed by atoms with van der Waals surface area (Å²) in [4.78, 5) is 16.2. The predicted octanol–water partition coefficient (Wildman–Crippen LogP) is 4.33. The molecule has 5 nitrogen and oxygen atoms in total. The highest BCUT2D eigenvalue weighted by molar-refractivity contribution is 7.98. The summed E-state index contributed by atoms with van der Waals surface area (Å²) in [7, 11) is 0. The number of pyridine rings is 1. The van der Waals surface area contributed by atoms with Crippen LogP contribution in [-0.4, -0.2) is 15.0 Å². The van der Waals surface area contributed by atoms with E-state index in [0.717, 1.165) is 39.3 Å². The summed E-state index contributed by atoms with van der Waals surface area (Å²) in [6.07, 6.45) is 4.66. The lowest BCUT2D eigenvalue weighted by Gasteiger charge is -2.11. The normalized spacial score (nSPS) is 13.6. The van der Waals surface area contributed by atoms with Gasteiger partial charge in [0.25, 0.3) is 0 Å². The molecule has 0 amide bonds. The molecule has 0 unspecified atom stereocenters. The molecule has 3 heterocycles. The molecule has 1 aliphatic carbocycles. The van der Waals surface area contributed by atoms with Crippen LogP contribution < -0.4 is 5.73 Å². The zero-order chi connectivity index (χ0) is 18.3. The maximum Gasteiger partial charge on any atom is 0.142 e. The maximum absolute atomic E-state index is 9.41. The number of aromatic nitrogens is 3. The summed E-state index contributed by atoms with van der Waals surface area (Å²) < 4.78 is 0. The van der Waals surface area contributed by atoms with E-state index in [4.69, 9.17) is 10.7 Å². The van der Waals surface area contributed by atoms with E-state index in [0.29, 0.717) is 23.0 Å². The minimum absolute atomic E-state index is 0.549. The van der Waals surface area contributed by atoms with Crippen molar-refractivity contribution in [1.82, 2.24) is 15.0 Å². The van der Waals surface area contributed by atoms with Gasteiger partial charge in [0.05, 0.1) is 16.7 Å². The van der Waals surface area contributed by atoms with Gasteiger partial charge in [-0.15, -0.1) is 11.3 Å². The quantitative estimate of drug-likeness (QED) is 0.679. The Kier molecular flexibility index (Phi) is 4.55. The lowest BCUT2D eigenvalue weighted by molar-refractivity contribution is 0.700. The largest absolute Gasteiger partial charge is 0.383 e. The number of nitrogens with zero attached hydrogens (tertiary/aromatic N) is 4. The Balaban J connectivity index is 1.66. The smallest absolute Gasteiger partial charge is 0.142 e. The van der Waals surface area contributed by atoms with Crippen molar-refractivity contribution in [3.63, 3.8) is 0 Å². The van der Waals surface area contributed by atoms with E-state index in [1.165, 1.54) is 35.0 Å². The molecule has 2 N–H and O–H groups in total. The van der Waals surface area contributed by atoms with Crippen molar-refractivity contribution in [1.29, 1.82) is 5.26 Å². The molecule has 132 valence electrons. The van der Waals surface area contributed by atoms with Gasteiger partial charge < -0.3 is 5.73 Å². The van der Waals surface area contributed by atoms with Crippen LogP contribution in [0.15, 0.2) is 11.1 Å². The molecule has 7 heteroatoms. The molecule has 4 rings (SSSR count). The molecular weight excluding hydrogens is 362 g/mol. The Bertz CT molecular complexity index is 1050. The number of aryl methyl sites for hydroxylation is 4. The zero-order valence-corrected chi connectivity index (χ0v) is 16.4. The van der Waals surface area contributed by atoms with Gasteiger partial charge in [-0.05, 0) is 56.7 Å². The lowest BCUT2D eigenvalue weighted by atomic mass is 9.97. The molecule has 1 aliphatic rings. The van der Waals surface area contributed by atoms with E-state index in [1.54, 1.807) is 11.3 Å². The molecule has 0 bridgehead atoms. The number of fused-ring (bicyclic) bond motifs is 3. The molecule has 0 saturated heterocycles. The van der Waals surface area contributed by atoms with Crippen molar-refractivity contribution < 1.29 is 0 Å². The number of hydrogen-bond donors (Lipinski definition) is 1. The van der Waals surface area contributed by atoms with Crippen LogP contribution in [0.5, 0.6) is 0 Å². The fourth-order valence-electron chi connectivity index (χ4n) is 3.47. The van der Waals surface area contributed by atoms with E-state index >= 15 is 0 Å². The van der Waals surface area contributed by atoms with E-state index < -0.39 is 0 Å². The summed E-state index contributed by atoms with van der Waals surface area (Å²) in [5.74, 6) is 1.83. The minimum Gasteiger partial charge on any atom is -0.383 e. The molecule has 0 radical (unpaired) electrons. The van der Waals surface area contributed by atoms with Crippen molar-refractivity contribution in [2.24, 2.45) is 0 Å². The average Bonchev–Trinajstić information content (AvgIpc) is 2.98. The molecule has 26 heavy (non-hydrogen) atoms. The van der Waals surface area contributed by atoms with Crippen molar-refractivity contribution in [2.75, 3.05) is 5.73 Å². The zero-order valence-electron chi connectivity index (χ0n) is 14.8. The SMILES string of the molecule is Cc1cc(C)c(C#N)c(SCc2nc(N)c3c4c(sc3n2)CCCC4)n1. The Morgan fingerprint density at radius 1 is 1.23 bits per heavy atom. The summed E-state index contributed by atoms with van der Waals surface area (Å²) in [5.41, 5.74) is 10.1. The van der Waals surface area contributed by atoms with Gasteiger partial charge >= 0.3 is 0 Å². The van der Waals surface area contributed by atoms with Crippen LogP contribution in [0.4, 0.5) is 5.82 Å². The highest BCUT2D eigenvalue weighted by Gasteiger charge is 2.20. The first-order valence-electron chi connectivity index (χ1n) is 8.64. The van der Waals surface area contributed by atoms with Gasteiger partial charge in [0.1, 0.15) is 27.6 Å². The molecule has 0 fully saturated rings. The number of thiophene rings is 1. The molecule has 0 aromatic carbocycles. The van der Waals surface area contributed by atoms with E-state index in [1.807, 2.05) is 19.9 Å². The van der Waals surface area contributed by atoms with Crippen LogP contribution in [0.1, 0.15) is 45.9 Å². The lowest BCUT2D eigenvalue weighted by Crippen LogP contribution is -2.03. The van der Waals surface area contributed by atoms with Gasteiger partial charge in [0.15, 0.2) is 0 Å². The summed E-state index contributed by atoms with van der Waals surface area (Å²) >= 11 is 3.25. The first-order valence-corrected chi connectivity index (χ1v) is 10.4. The molecule has 0 spiro atoms. The van der Waals surface area contributed by atoms with Crippen molar-refractivity contribution in [3.05, 3.63) is 39.2 Å². The van der Waals surface area contributed by atoms with Crippen LogP contribution >= 0.6 is 23.1 Å². The number of hydrogen-bond acceptors (Lipinski definition) is 7. The number of nitrogens with two attached hydrogens (primary N) is 1. The van der Waals surface area contributed by atoms with E-state index in [-0.39, 0.29) is 0 Å². The van der Waals surface area contributed by atoms with Crippen LogP contribution in [0.2, 0.25) is 0 Å². The van der Waals surface area contributed by atoms with Gasteiger partial charge in [0, 0.05) is 10.6 Å². The first kappa shape index (κ1) is 17.3. The fourth-order valence-corrected chi connectivity index (χ4v) is 5.71. The summed E-state index contributed by atoms with van der Waals surface area (Å²) in [6.45, 7) is 3.88. The Hall–Kier alpha value is -2.17. The van der Waals surface area contributed by atoms with Crippen molar-refractivity contribution in [2.45, 2.75) is 50.3 Å². The molecule has 0 atom stereocenters. The highest BCUT2D eigenvalue weighted by Crippen LogP contribution is 2.38. The number of nitriles is 1. The van der Waals surface area contributed by atoms with Crippen molar-refractivity contribution in [3.8, 4) is 6.07 Å². The Morgan fingerprint density at radius 2 is 2.04 bits per heavy atom. The third kappa shape index (κ3) is 3.04. The predicted molar refractivity (Wildman–Crippen MR) is 106 cm³/mol. The first-order chi connectivity index (χ1) is 12.6. The van der Waals surface area contributed by atoms with Gasteiger partial charge in [-0.25, -0.2) is 15.0 Å². The van der Waals surface area contributed by atoms with E-state index in [9.17, 15) is 5.26 Å². The second-order valence-electron chi connectivity index (χ2n) is 6.58. The fraction of sp³-hybridized carbons (Fsp3) is 0.368. The topological polar surface area (TPSA) is 88.5 Å². The van der Waals surface area contributed by atoms with Crippen molar-refractivity contribution >= 4 is 39.1 Å². The second kappa shape index (κ2) is 6.86. The number of thioether (sulfide) groups is 1. The van der Waals surface area contributed by atoms with Crippen LogP contribution in [-0.2, 0) is 18.6 Å². The van der Waals surface area contributed by atoms with Gasteiger partial charge in [-0.2, -0.15) is 5.26 Å². The summed E-state index contributed by atoms with van der Waals surface area (Å²) in [6, 6.07) is 4.18. The van der Waals surface area contributed by atoms with Gasteiger partial charge in [-0.1, -0.05) is 11.8 Å². The third-order valence-electron chi connectivity index (χ3n) is 4.65. The molecule has 3 aromatic rings. The monoisotopic (exact) mass is 381 g/mol. The maximum atomic E-state index is 9.41. The molecular formula is C19H19N5S2. The molecule has 0 aliphatic heterocycles. The molecule has 0 saturated carbocycles. The number of rotatable bonds is 3. The highest BCUT2D eigenvalue weighted by atomic mass is 32.2.